The van der Waals surface area contributed by atoms with E-state index in [4.69, 9.17) is 4.98 Å². The lowest BCUT2D eigenvalue weighted by Crippen LogP contribution is -1.91. The summed E-state index contributed by atoms with van der Waals surface area (Å²) < 4.78 is 0. The zero-order chi connectivity index (χ0) is 13.9. The minimum absolute atomic E-state index is 1.00. The first-order valence-electron chi connectivity index (χ1n) is 7.22. The van der Waals surface area contributed by atoms with Gasteiger partial charge in [-0.25, -0.2) is 4.98 Å². The molecule has 0 spiro atoms. The average Bonchev–Trinajstić information content (AvgIpc) is 2.83. The van der Waals surface area contributed by atoms with Crippen molar-refractivity contribution in [1.82, 2.24) is 9.97 Å². The van der Waals surface area contributed by atoms with Crippen LogP contribution in [0, 0.1) is 13.8 Å². The Bertz CT molecular complexity index is 711. The van der Waals surface area contributed by atoms with Gasteiger partial charge >= 0.3 is 0 Å². The Morgan fingerprint density at radius 1 is 1.00 bits per heavy atom. The standard InChI is InChI=1S/C18H20N2/c1-13-11-14(2)18-16(12-13)19-17(20-18)10-6-9-15-7-4-3-5-8-15/h3-5,7-8,11-12H,6,9-10H2,1-2H3,(H,19,20). The summed E-state index contributed by atoms with van der Waals surface area (Å²) in [5.41, 5.74) is 6.22. The molecule has 0 aliphatic heterocycles. The Hall–Kier alpha value is -2.09. The number of imidazole rings is 1. The number of aryl methyl sites for hydroxylation is 4. The number of H-pyrrole nitrogens is 1. The Kier molecular flexibility index (Phi) is 3.55. The van der Waals surface area contributed by atoms with Crippen molar-refractivity contribution in [2.24, 2.45) is 0 Å². The third-order valence-electron chi connectivity index (χ3n) is 3.69. The molecule has 1 heterocycles. The molecule has 0 aliphatic carbocycles. The molecule has 0 bridgehead atoms. The molecule has 1 N–H and O–H groups in total. The van der Waals surface area contributed by atoms with Crippen LogP contribution >= 0.6 is 0 Å². The summed E-state index contributed by atoms with van der Waals surface area (Å²) in [6.07, 6.45) is 3.24. The quantitative estimate of drug-likeness (QED) is 0.745. The average molecular weight is 264 g/mol. The van der Waals surface area contributed by atoms with Crippen molar-refractivity contribution in [2.45, 2.75) is 33.1 Å². The number of nitrogens with zero attached hydrogens (tertiary/aromatic N) is 1. The minimum atomic E-state index is 1.00. The van der Waals surface area contributed by atoms with Crippen LogP contribution in [0.15, 0.2) is 42.5 Å². The van der Waals surface area contributed by atoms with Crippen LogP contribution in [0.25, 0.3) is 11.0 Å². The SMILES string of the molecule is Cc1cc(C)c2nc(CCCc3ccccc3)[nH]c2c1. The molecule has 0 radical (unpaired) electrons. The zero-order valence-electron chi connectivity index (χ0n) is 12.1. The molecule has 2 aromatic carbocycles. The van der Waals surface area contributed by atoms with E-state index in [0.29, 0.717) is 0 Å². The summed E-state index contributed by atoms with van der Waals surface area (Å²) in [5, 5.41) is 0. The van der Waals surface area contributed by atoms with E-state index in [-0.39, 0.29) is 0 Å². The van der Waals surface area contributed by atoms with Gasteiger partial charge in [-0.05, 0) is 49.4 Å². The molecule has 2 heteroatoms. The highest BCUT2D eigenvalue weighted by Gasteiger charge is 2.06. The number of fused-ring (bicyclic) bond motifs is 1. The molecule has 0 unspecified atom stereocenters. The summed E-state index contributed by atoms with van der Waals surface area (Å²) in [4.78, 5) is 8.18. The van der Waals surface area contributed by atoms with Gasteiger partial charge in [0, 0.05) is 6.42 Å². The predicted octanol–water partition coefficient (Wildman–Crippen LogP) is 4.36. The maximum Gasteiger partial charge on any atom is 0.107 e. The number of hydrogen-bond donors (Lipinski definition) is 1. The van der Waals surface area contributed by atoms with Crippen molar-refractivity contribution in [1.29, 1.82) is 0 Å². The second-order valence-corrected chi connectivity index (χ2v) is 5.50. The van der Waals surface area contributed by atoms with Gasteiger partial charge in [0.15, 0.2) is 0 Å². The normalized spacial score (nSPS) is 11.1. The molecule has 1 aromatic heterocycles. The number of nitrogens with one attached hydrogen (secondary N) is 1. The molecule has 102 valence electrons. The van der Waals surface area contributed by atoms with Gasteiger partial charge in [0.1, 0.15) is 5.82 Å². The summed E-state index contributed by atoms with van der Waals surface area (Å²) in [6, 6.07) is 15.0. The molecular weight excluding hydrogens is 244 g/mol. The van der Waals surface area contributed by atoms with Gasteiger partial charge in [0.05, 0.1) is 11.0 Å². The maximum absolute atomic E-state index is 4.73. The minimum Gasteiger partial charge on any atom is -0.342 e. The van der Waals surface area contributed by atoms with Crippen molar-refractivity contribution < 1.29 is 0 Å². The molecule has 0 saturated heterocycles. The first-order chi connectivity index (χ1) is 9.72. The second kappa shape index (κ2) is 5.49. The van der Waals surface area contributed by atoms with Crippen LogP contribution in [0.2, 0.25) is 0 Å². The van der Waals surface area contributed by atoms with Crippen LogP contribution in [0.3, 0.4) is 0 Å². The van der Waals surface area contributed by atoms with E-state index < -0.39 is 0 Å². The first-order valence-corrected chi connectivity index (χ1v) is 7.22. The molecular formula is C18H20N2. The van der Waals surface area contributed by atoms with E-state index in [1.807, 2.05) is 0 Å². The van der Waals surface area contributed by atoms with Crippen molar-refractivity contribution in [3.63, 3.8) is 0 Å². The van der Waals surface area contributed by atoms with Crippen molar-refractivity contribution in [3.05, 3.63) is 65.0 Å². The molecule has 3 aromatic rings. The number of aromatic amines is 1. The maximum atomic E-state index is 4.73. The van der Waals surface area contributed by atoms with Gasteiger partial charge < -0.3 is 4.98 Å². The molecule has 0 aliphatic rings. The fourth-order valence-corrected chi connectivity index (χ4v) is 2.75. The van der Waals surface area contributed by atoms with E-state index >= 15 is 0 Å². The summed E-state index contributed by atoms with van der Waals surface area (Å²) >= 11 is 0. The highest BCUT2D eigenvalue weighted by molar-refractivity contribution is 5.79. The van der Waals surface area contributed by atoms with Gasteiger partial charge in [0.2, 0.25) is 0 Å². The van der Waals surface area contributed by atoms with Crippen molar-refractivity contribution >= 4 is 11.0 Å². The highest BCUT2D eigenvalue weighted by Crippen LogP contribution is 2.19. The number of benzene rings is 2. The van der Waals surface area contributed by atoms with Crippen LogP contribution < -0.4 is 0 Å². The second-order valence-electron chi connectivity index (χ2n) is 5.50. The highest BCUT2D eigenvalue weighted by atomic mass is 14.9. The lowest BCUT2D eigenvalue weighted by atomic mass is 10.1. The molecule has 2 nitrogen and oxygen atoms in total. The van der Waals surface area contributed by atoms with E-state index in [1.165, 1.54) is 16.7 Å². The molecule has 0 saturated carbocycles. The van der Waals surface area contributed by atoms with Crippen molar-refractivity contribution in [3.8, 4) is 0 Å². The van der Waals surface area contributed by atoms with E-state index in [0.717, 1.165) is 36.1 Å². The topological polar surface area (TPSA) is 28.7 Å². The molecule has 3 rings (SSSR count). The summed E-state index contributed by atoms with van der Waals surface area (Å²) in [5.74, 6) is 1.10. The fraction of sp³-hybridized carbons (Fsp3) is 0.278. The number of hydrogen-bond acceptors (Lipinski definition) is 1. The Morgan fingerprint density at radius 2 is 1.80 bits per heavy atom. The Morgan fingerprint density at radius 3 is 2.60 bits per heavy atom. The van der Waals surface area contributed by atoms with Gasteiger partial charge in [0.25, 0.3) is 0 Å². The molecule has 20 heavy (non-hydrogen) atoms. The first kappa shape index (κ1) is 12.9. The number of rotatable bonds is 4. The summed E-state index contributed by atoms with van der Waals surface area (Å²) in [7, 11) is 0. The van der Waals surface area contributed by atoms with Gasteiger partial charge in [-0.1, -0.05) is 36.4 Å². The molecule has 0 amide bonds. The van der Waals surface area contributed by atoms with Crippen LogP contribution in [0.5, 0.6) is 0 Å². The van der Waals surface area contributed by atoms with E-state index in [2.05, 4.69) is 61.3 Å². The predicted molar refractivity (Wildman–Crippen MR) is 84.0 cm³/mol. The fourth-order valence-electron chi connectivity index (χ4n) is 2.75. The third kappa shape index (κ3) is 2.74. The van der Waals surface area contributed by atoms with E-state index in [9.17, 15) is 0 Å². The Balaban J connectivity index is 1.70. The van der Waals surface area contributed by atoms with Crippen molar-refractivity contribution in [2.75, 3.05) is 0 Å². The van der Waals surface area contributed by atoms with Crippen LogP contribution in [-0.2, 0) is 12.8 Å². The van der Waals surface area contributed by atoms with Crippen LogP contribution in [0.4, 0.5) is 0 Å². The largest absolute Gasteiger partial charge is 0.342 e. The lowest BCUT2D eigenvalue weighted by Gasteiger charge is -1.99. The summed E-state index contributed by atoms with van der Waals surface area (Å²) in [6.45, 7) is 4.26. The zero-order valence-corrected chi connectivity index (χ0v) is 12.1. The molecule has 0 fully saturated rings. The third-order valence-corrected chi connectivity index (χ3v) is 3.69. The van der Waals surface area contributed by atoms with Crippen LogP contribution in [-0.4, -0.2) is 9.97 Å². The lowest BCUT2D eigenvalue weighted by molar-refractivity contribution is 0.786. The monoisotopic (exact) mass is 264 g/mol. The molecule has 0 atom stereocenters. The Labute approximate surface area is 119 Å². The van der Waals surface area contributed by atoms with Gasteiger partial charge in [-0.15, -0.1) is 0 Å². The van der Waals surface area contributed by atoms with Gasteiger partial charge in [-0.2, -0.15) is 0 Å². The van der Waals surface area contributed by atoms with Crippen LogP contribution in [0.1, 0.15) is 28.9 Å². The van der Waals surface area contributed by atoms with Gasteiger partial charge in [-0.3, -0.25) is 0 Å². The number of aromatic nitrogens is 2. The van der Waals surface area contributed by atoms with E-state index in [1.54, 1.807) is 0 Å². The smallest absolute Gasteiger partial charge is 0.107 e.